The Balaban J connectivity index is 1.90. The number of anilines is 2. The standard InChI is InChI=1S/C27H25ClN2O2/c1-15-9-10-21(18(4)12-15)24-25(29-23-8-6-7-22(28)19(23)5)27(32)30(26(24)31)20-13-16(2)11-17(3)14-20/h6-14,29H,1-5H3. The zero-order valence-electron chi connectivity index (χ0n) is 18.8. The van der Waals surface area contributed by atoms with Crippen LogP contribution in [0, 0.1) is 34.6 Å². The number of nitrogens with one attached hydrogen (secondary N) is 1. The fourth-order valence-corrected chi connectivity index (χ4v) is 4.36. The second-order valence-electron chi connectivity index (χ2n) is 8.40. The highest BCUT2D eigenvalue weighted by atomic mass is 35.5. The van der Waals surface area contributed by atoms with E-state index < -0.39 is 0 Å². The predicted octanol–water partition coefficient (Wildman–Crippen LogP) is 6.28. The van der Waals surface area contributed by atoms with Gasteiger partial charge in [-0.05, 0) is 86.7 Å². The summed E-state index contributed by atoms with van der Waals surface area (Å²) < 4.78 is 0. The first-order chi connectivity index (χ1) is 15.2. The van der Waals surface area contributed by atoms with Crippen LogP contribution < -0.4 is 10.2 Å². The van der Waals surface area contributed by atoms with E-state index in [-0.39, 0.29) is 17.5 Å². The number of hydrogen-bond donors (Lipinski definition) is 1. The Morgan fingerprint density at radius 2 is 1.47 bits per heavy atom. The van der Waals surface area contributed by atoms with E-state index in [0.717, 1.165) is 33.4 Å². The van der Waals surface area contributed by atoms with Gasteiger partial charge in [-0.2, -0.15) is 0 Å². The van der Waals surface area contributed by atoms with Crippen molar-refractivity contribution in [3.63, 3.8) is 0 Å². The third-order valence-electron chi connectivity index (χ3n) is 5.73. The number of imide groups is 1. The van der Waals surface area contributed by atoms with Gasteiger partial charge >= 0.3 is 0 Å². The van der Waals surface area contributed by atoms with E-state index in [0.29, 0.717) is 22.0 Å². The summed E-state index contributed by atoms with van der Waals surface area (Å²) in [4.78, 5) is 28.6. The Morgan fingerprint density at radius 3 is 2.12 bits per heavy atom. The fraction of sp³-hybridized carbons (Fsp3) is 0.185. The molecule has 0 aliphatic carbocycles. The van der Waals surface area contributed by atoms with E-state index in [1.807, 2.05) is 83.1 Å². The highest BCUT2D eigenvalue weighted by Gasteiger charge is 2.41. The minimum absolute atomic E-state index is 0.256. The van der Waals surface area contributed by atoms with Crippen molar-refractivity contribution in [2.24, 2.45) is 0 Å². The third kappa shape index (κ3) is 3.82. The van der Waals surface area contributed by atoms with Crippen molar-refractivity contribution in [3.05, 3.63) is 98.7 Å². The van der Waals surface area contributed by atoms with Gasteiger partial charge in [0.15, 0.2) is 0 Å². The molecule has 32 heavy (non-hydrogen) atoms. The monoisotopic (exact) mass is 444 g/mol. The van der Waals surface area contributed by atoms with Crippen LogP contribution in [0.2, 0.25) is 5.02 Å². The summed E-state index contributed by atoms with van der Waals surface area (Å²) in [5.74, 6) is -0.719. The van der Waals surface area contributed by atoms with E-state index in [9.17, 15) is 9.59 Å². The lowest BCUT2D eigenvalue weighted by atomic mass is 9.97. The molecule has 5 heteroatoms. The maximum Gasteiger partial charge on any atom is 0.282 e. The molecule has 4 rings (SSSR count). The molecule has 0 aromatic heterocycles. The largest absolute Gasteiger partial charge is 0.350 e. The molecule has 0 fully saturated rings. The lowest BCUT2D eigenvalue weighted by Crippen LogP contribution is -2.32. The molecule has 162 valence electrons. The quantitative estimate of drug-likeness (QED) is 0.482. The Morgan fingerprint density at radius 1 is 0.781 bits per heavy atom. The predicted molar refractivity (Wildman–Crippen MR) is 131 cm³/mol. The summed E-state index contributed by atoms with van der Waals surface area (Å²) in [5.41, 5.74) is 7.44. The van der Waals surface area contributed by atoms with Crippen LogP contribution >= 0.6 is 11.6 Å². The van der Waals surface area contributed by atoms with Gasteiger partial charge < -0.3 is 5.32 Å². The van der Waals surface area contributed by atoms with Crippen LogP contribution in [-0.2, 0) is 9.59 Å². The van der Waals surface area contributed by atoms with Gasteiger partial charge in [-0.1, -0.05) is 47.5 Å². The van der Waals surface area contributed by atoms with Gasteiger partial charge in [0.25, 0.3) is 11.8 Å². The zero-order valence-corrected chi connectivity index (χ0v) is 19.6. The molecule has 1 aliphatic heterocycles. The molecule has 0 spiro atoms. The second-order valence-corrected chi connectivity index (χ2v) is 8.80. The molecule has 4 nitrogen and oxygen atoms in total. The summed E-state index contributed by atoms with van der Waals surface area (Å²) >= 11 is 6.30. The van der Waals surface area contributed by atoms with Crippen molar-refractivity contribution >= 4 is 40.4 Å². The highest BCUT2D eigenvalue weighted by Crippen LogP contribution is 2.36. The smallest absolute Gasteiger partial charge is 0.282 e. The number of hydrogen-bond acceptors (Lipinski definition) is 3. The van der Waals surface area contributed by atoms with Crippen molar-refractivity contribution in [1.29, 1.82) is 0 Å². The molecular formula is C27H25ClN2O2. The number of rotatable bonds is 4. The first-order valence-electron chi connectivity index (χ1n) is 10.5. The number of halogens is 1. The molecule has 3 aromatic carbocycles. The Bertz CT molecular complexity index is 1290. The summed E-state index contributed by atoms with van der Waals surface area (Å²) in [7, 11) is 0. The molecule has 1 N–H and O–H groups in total. The van der Waals surface area contributed by atoms with E-state index in [1.54, 1.807) is 6.07 Å². The molecule has 0 saturated carbocycles. The topological polar surface area (TPSA) is 49.4 Å². The summed E-state index contributed by atoms with van der Waals surface area (Å²) in [5, 5.41) is 3.82. The second kappa shape index (κ2) is 8.29. The van der Waals surface area contributed by atoms with E-state index in [1.165, 1.54) is 4.90 Å². The third-order valence-corrected chi connectivity index (χ3v) is 6.14. The van der Waals surface area contributed by atoms with Crippen LogP contribution in [0.3, 0.4) is 0 Å². The number of carbonyl (C=O) groups excluding carboxylic acids is 2. The van der Waals surface area contributed by atoms with E-state index in [4.69, 9.17) is 11.6 Å². The Kier molecular flexibility index (Phi) is 5.66. The Labute approximate surface area is 193 Å². The maximum absolute atomic E-state index is 13.7. The number of amides is 2. The van der Waals surface area contributed by atoms with Crippen LogP contribution in [0.5, 0.6) is 0 Å². The van der Waals surface area contributed by atoms with Gasteiger partial charge in [0, 0.05) is 10.7 Å². The average Bonchev–Trinajstić information content (AvgIpc) is 2.94. The van der Waals surface area contributed by atoms with Crippen LogP contribution in [-0.4, -0.2) is 11.8 Å². The van der Waals surface area contributed by atoms with Crippen LogP contribution in [0.15, 0.2) is 60.3 Å². The lowest BCUT2D eigenvalue weighted by molar-refractivity contribution is -0.120. The van der Waals surface area contributed by atoms with E-state index in [2.05, 4.69) is 5.32 Å². The molecule has 1 heterocycles. The normalized spacial score (nSPS) is 13.9. The molecule has 3 aromatic rings. The van der Waals surface area contributed by atoms with Crippen LogP contribution in [0.1, 0.15) is 33.4 Å². The SMILES string of the molecule is Cc1cc(C)cc(N2C(=O)C(Nc3cccc(Cl)c3C)=C(c3ccc(C)cc3C)C2=O)c1. The zero-order chi connectivity index (χ0) is 23.2. The first kappa shape index (κ1) is 21.8. The lowest BCUT2D eigenvalue weighted by Gasteiger charge is -2.17. The van der Waals surface area contributed by atoms with Gasteiger partial charge in [0.05, 0.1) is 11.3 Å². The Hall–Kier alpha value is -3.37. The van der Waals surface area contributed by atoms with Crippen molar-refractivity contribution in [2.75, 3.05) is 10.2 Å². The van der Waals surface area contributed by atoms with Gasteiger partial charge in [0.2, 0.25) is 0 Å². The van der Waals surface area contributed by atoms with Gasteiger partial charge in [-0.15, -0.1) is 0 Å². The minimum atomic E-state index is -0.380. The van der Waals surface area contributed by atoms with E-state index >= 15 is 0 Å². The van der Waals surface area contributed by atoms with Gasteiger partial charge in [0.1, 0.15) is 5.70 Å². The van der Waals surface area contributed by atoms with Crippen LogP contribution in [0.25, 0.3) is 5.57 Å². The maximum atomic E-state index is 13.7. The summed E-state index contributed by atoms with van der Waals surface area (Å²) in [6.07, 6.45) is 0. The van der Waals surface area contributed by atoms with Gasteiger partial charge in [-0.3, -0.25) is 9.59 Å². The van der Waals surface area contributed by atoms with Crippen molar-refractivity contribution in [1.82, 2.24) is 0 Å². The molecule has 0 saturated heterocycles. The van der Waals surface area contributed by atoms with Gasteiger partial charge in [-0.25, -0.2) is 4.90 Å². The molecular weight excluding hydrogens is 420 g/mol. The average molecular weight is 445 g/mol. The van der Waals surface area contributed by atoms with Crippen molar-refractivity contribution in [3.8, 4) is 0 Å². The van der Waals surface area contributed by atoms with Crippen LogP contribution in [0.4, 0.5) is 11.4 Å². The number of nitrogens with zero attached hydrogens (tertiary/aromatic N) is 1. The van der Waals surface area contributed by atoms with Crippen molar-refractivity contribution in [2.45, 2.75) is 34.6 Å². The van der Waals surface area contributed by atoms with Crippen molar-refractivity contribution < 1.29 is 9.59 Å². The summed E-state index contributed by atoms with van der Waals surface area (Å²) in [6, 6.07) is 17.1. The molecule has 1 aliphatic rings. The molecule has 0 atom stereocenters. The fourth-order valence-electron chi connectivity index (χ4n) is 4.18. The number of carbonyl (C=O) groups is 2. The highest BCUT2D eigenvalue weighted by molar-refractivity contribution is 6.46. The number of aryl methyl sites for hydroxylation is 4. The minimum Gasteiger partial charge on any atom is -0.350 e. The summed E-state index contributed by atoms with van der Waals surface area (Å²) in [6.45, 7) is 9.74. The first-order valence-corrected chi connectivity index (χ1v) is 10.9. The molecule has 2 amide bonds. The molecule has 0 bridgehead atoms. The number of benzene rings is 3. The molecule has 0 unspecified atom stereocenters. The molecule has 0 radical (unpaired) electrons.